The van der Waals surface area contributed by atoms with Crippen molar-refractivity contribution in [3.63, 3.8) is 0 Å². The smallest absolute Gasteiger partial charge is 0.106 e. The molecule has 2 nitrogen and oxygen atoms in total. The minimum Gasteiger partial charge on any atom is -0.386 e. The maximum absolute atomic E-state index is 10.0. The molecule has 1 aromatic rings. The molecule has 0 fully saturated rings. The maximum Gasteiger partial charge on any atom is 0.106 e. The minimum atomic E-state index is -0.627. The van der Waals surface area contributed by atoms with Gasteiger partial charge in [0.2, 0.25) is 0 Å². The Balaban J connectivity index is 3.00. The Bertz CT molecular complexity index is 336. The van der Waals surface area contributed by atoms with Gasteiger partial charge in [-0.25, -0.2) is 4.98 Å². The van der Waals surface area contributed by atoms with Crippen LogP contribution in [0.2, 0.25) is 0 Å². The van der Waals surface area contributed by atoms with Crippen molar-refractivity contribution in [2.24, 2.45) is 5.41 Å². The predicted octanol–water partition coefficient (Wildman–Crippen LogP) is 3.09. The van der Waals surface area contributed by atoms with Crippen molar-refractivity contribution in [1.82, 2.24) is 4.98 Å². The highest BCUT2D eigenvalue weighted by Gasteiger charge is 2.26. The van der Waals surface area contributed by atoms with Gasteiger partial charge in [0.25, 0.3) is 0 Å². The molecule has 1 heterocycles. The lowest BCUT2D eigenvalue weighted by molar-refractivity contribution is 0.0781. The first kappa shape index (κ1) is 11.4. The van der Waals surface area contributed by atoms with E-state index in [4.69, 9.17) is 0 Å². The van der Waals surface area contributed by atoms with Crippen LogP contribution in [-0.2, 0) is 0 Å². The molecule has 3 heteroatoms. The van der Waals surface area contributed by atoms with E-state index in [0.29, 0.717) is 5.69 Å². The first-order valence-corrected chi connectivity index (χ1v) is 5.21. The molecular weight excluding hydrogens is 242 g/mol. The average Bonchev–Trinajstić information content (AvgIpc) is 2.16. The van der Waals surface area contributed by atoms with Gasteiger partial charge in [0.15, 0.2) is 0 Å². The number of aromatic nitrogens is 1. The molecule has 0 spiro atoms. The van der Waals surface area contributed by atoms with Crippen molar-refractivity contribution in [3.8, 4) is 0 Å². The van der Waals surface area contributed by atoms with Crippen LogP contribution < -0.4 is 0 Å². The van der Waals surface area contributed by atoms with Crippen LogP contribution >= 0.6 is 15.9 Å². The number of nitrogens with zero attached hydrogens (tertiary/aromatic N) is 1. The zero-order valence-electron chi connectivity index (χ0n) is 8.37. The Morgan fingerprint density at radius 1 is 1.57 bits per heavy atom. The van der Waals surface area contributed by atoms with E-state index in [1.165, 1.54) is 0 Å². The van der Waals surface area contributed by atoms with E-state index < -0.39 is 6.10 Å². The van der Waals surface area contributed by atoms with Crippen LogP contribution in [0.25, 0.3) is 0 Å². The van der Waals surface area contributed by atoms with E-state index in [2.05, 4.69) is 27.5 Å². The molecule has 0 aliphatic rings. The molecule has 1 aromatic heterocycles. The van der Waals surface area contributed by atoms with Crippen LogP contribution in [0.15, 0.2) is 35.5 Å². The fraction of sp³-hybridized carbons (Fsp3) is 0.364. The number of aliphatic hydroxyl groups is 1. The molecule has 0 aromatic carbocycles. The molecule has 14 heavy (non-hydrogen) atoms. The standard InChI is InChI=1S/C11H14BrNO/c1-4-11(2,3)10(14)8-6-5-7-9(12)13-8/h4-7,10,14H,1H2,2-3H3. The molecule has 1 unspecified atom stereocenters. The zero-order valence-corrected chi connectivity index (χ0v) is 9.95. The first-order valence-electron chi connectivity index (χ1n) is 4.41. The molecule has 0 amide bonds. The number of pyridine rings is 1. The van der Waals surface area contributed by atoms with Gasteiger partial charge in [-0.1, -0.05) is 26.0 Å². The highest BCUT2D eigenvalue weighted by Crippen LogP contribution is 2.33. The summed E-state index contributed by atoms with van der Waals surface area (Å²) < 4.78 is 0.730. The van der Waals surface area contributed by atoms with Crippen LogP contribution in [0.1, 0.15) is 25.6 Å². The molecule has 76 valence electrons. The summed E-state index contributed by atoms with van der Waals surface area (Å²) in [5.74, 6) is 0. The van der Waals surface area contributed by atoms with Crippen LogP contribution in [0.3, 0.4) is 0 Å². The van der Waals surface area contributed by atoms with Gasteiger partial charge in [0.05, 0.1) is 5.69 Å². The Morgan fingerprint density at radius 2 is 2.21 bits per heavy atom. The molecule has 0 aliphatic carbocycles. The highest BCUT2D eigenvalue weighted by atomic mass is 79.9. The average molecular weight is 256 g/mol. The summed E-state index contributed by atoms with van der Waals surface area (Å²) in [6, 6.07) is 5.49. The summed E-state index contributed by atoms with van der Waals surface area (Å²) in [6.45, 7) is 7.55. The fourth-order valence-electron chi connectivity index (χ4n) is 1.07. The summed E-state index contributed by atoms with van der Waals surface area (Å²) in [4.78, 5) is 4.21. The van der Waals surface area contributed by atoms with E-state index in [-0.39, 0.29) is 5.41 Å². The molecule has 0 saturated carbocycles. The Hall–Kier alpha value is -0.670. The Labute approximate surface area is 92.8 Å². The maximum atomic E-state index is 10.0. The topological polar surface area (TPSA) is 33.1 Å². The molecule has 0 bridgehead atoms. The van der Waals surface area contributed by atoms with E-state index in [9.17, 15) is 5.11 Å². The van der Waals surface area contributed by atoms with Crippen LogP contribution in [-0.4, -0.2) is 10.1 Å². The van der Waals surface area contributed by atoms with Gasteiger partial charge in [0.1, 0.15) is 10.7 Å². The van der Waals surface area contributed by atoms with Gasteiger partial charge in [-0.3, -0.25) is 0 Å². The molecule has 1 rings (SSSR count). The van der Waals surface area contributed by atoms with Crippen molar-refractivity contribution < 1.29 is 5.11 Å². The number of aliphatic hydroxyl groups excluding tert-OH is 1. The van der Waals surface area contributed by atoms with Crippen LogP contribution in [0, 0.1) is 5.41 Å². The normalized spacial score (nSPS) is 13.7. The van der Waals surface area contributed by atoms with Gasteiger partial charge in [-0.15, -0.1) is 6.58 Å². The molecule has 1 atom stereocenters. The van der Waals surface area contributed by atoms with Crippen molar-refractivity contribution in [3.05, 3.63) is 41.2 Å². The quantitative estimate of drug-likeness (QED) is 0.665. The molecule has 0 aliphatic heterocycles. The first-order chi connectivity index (χ1) is 6.47. The fourth-order valence-corrected chi connectivity index (χ4v) is 1.43. The summed E-state index contributed by atoms with van der Waals surface area (Å²) in [5.41, 5.74) is 0.289. The lowest BCUT2D eigenvalue weighted by atomic mass is 9.85. The van der Waals surface area contributed by atoms with Gasteiger partial charge in [-0.2, -0.15) is 0 Å². The second-order valence-electron chi connectivity index (χ2n) is 3.81. The van der Waals surface area contributed by atoms with Gasteiger partial charge in [-0.05, 0) is 28.1 Å². The number of hydrogen-bond donors (Lipinski definition) is 1. The summed E-state index contributed by atoms with van der Waals surface area (Å²) in [6.07, 6.45) is 1.11. The Kier molecular flexibility index (Phi) is 3.45. The molecule has 1 N–H and O–H groups in total. The van der Waals surface area contributed by atoms with Crippen molar-refractivity contribution >= 4 is 15.9 Å². The van der Waals surface area contributed by atoms with Gasteiger partial charge in [0, 0.05) is 5.41 Å². The number of rotatable bonds is 3. The lowest BCUT2D eigenvalue weighted by Gasteiger charge is -2.26. The second kappa shape index (κ2) is 4.24. The van der Waals surface area contributed by atoms with Crippen LogP contribution in [0.4, 0.5) is 0 Å². The van der Waals surface area contributed by atoms with E-state index in [1.54, 1.807) is 12.1 Å². The Morgan fingerprint density at radius 3 is 2.71 bits per heavy atom. The molecular formula is C11H14BrNO. The van der Waals surface area contributed by atoms with Crippen LogP contribution in [0.5, 0.6) is 0 Å². The summed E-state index contributed by atoms with van der Waals surface area (Å²) >= 11 is 3.27. The van der Waals surface area contributed by atoms with Gasteiger partial charge < -0.3 is 5.11 Å². The molecule has 0 radical (unpaired) electrons. The van der Waals surface area contributed by atoms with Crippen molar-refractivity contribution in [1.29, 1.82) is 0 Å². The minimum absolute atomic E-state index is 0.367. The third-order valence-corrected chi connectivity index (χ3v) is 2.69. The lowest BCUT2D eigenvalue weighted by Crippen LogP contribution is -2.20. The predicted molar refractivity (Wildman–Crippen MR) is 60.9 cm³/mol. The summed E-state index contributed by atoms with van der Waals surface area (Å²) in [5, 5.41) is 10.0. The number of halogens is 1. The SMILES string of the molecule is C=CC(C)(C)C(O)c1cccc(Br)n1. The highest BCUT2D eigenvalue weighted by molar-refractivity contribution is 9.10. The van der Waals surface area contributed by atoms with Crippen molar-refractivity contribution in [2.75, 3.05) is 0 Å². The number of hydrogen-bond acceptors (Lipinski definition) is 2. The van der Waals surface area contributed by atoms with Gasteiger partial charge >= 0.3 is 0 Å². The zero-order chi connectivity index (χ0) is 10.8. The monoisotopic (exact) mass is 255 g/mol. The van der Waals surface area contributed by atoms with E-state index >= 15 is 0 Å². The second-order valence-corrected chi connectivity index (χ2v) is 4.63. The van der Waals surface area contributed by atoms with Crippen molar-refractivity contribution in [2.45, 2.75) is 20.0 Å². The third-order valence-electron chi connectivity index (χ3n) is 2.25. The summed E-state index contributed by atoms with van der Waals surface area (Å²) in [7, 11) is 0. The molecule has 0 saturated heterocycles. The van der Waals surface area contributed by atoms with E-state index in [0.717, 1.165) is 4.60 Å². The largest absolute Gasteiger partial charge is 0.386 e. The van der Waals surface area contributed by atoms with E-state index in [1.807, 2.05) is 26.0 Å². The third kappa shape index (κ3) is 2.42.